The lowest BCUT2D eigenvalue weighted by molar-refractivity contribution is -0.147. The van der Waals surface area contributed by atoms with Crippen molar-refractivity contribution in [2.75, 3.05) is 11.9 Å². The van der Waals surface area contributed by atoms with Crippen molar-refractivity contribution in [2.45, 2.75) is 19.8 Å². The molecule has 0 radical (unpaired) electrons. The molecule has 0 aliphatic rings. The van der Waals surface area contributed by atoms with Gasteiger partial charge in [-0.2, -0.15) is 0 Å². The second-order valence-corrected chi connectivity index (χ2v) is 7.60. The summed E-state index contributed by atoms with van der Waals surface area (Å²) >= 11 is 0. The van der Waals surface area contributed by atoms with Crippen LogP contribution in [0.5, 0.6) is 11.5 Å². The zero-order valence-electron chi connectivity index (χ0n) is 18.7. The number of esters is 1. The zero-order valence-corrected chi connectivity index (χ0v) is 18.7. The van der Waals surface area contributed by atoms with Gasteiger partial charge in [0.25, 0.3) is 5.91 Å². The Labute approximate surface area is 197 Å². The SMILES string of the molecule is Cc1ccc(Oc2ccccc2NC(=O)COC(=O)CCc2ncc(-c3ccccc3)o2)cc1. The molecular weight excluding hydrogens is 432 g/mol. The number of aryl methyl sites for hydroxylation is 2. The lowest BCUT2D eigenvalue weighted by Crippen LogP contribution is -2.21. The number of ether oxygens (including phenoxy) is 2. The van der Waals surface area contributed by atoms with E-state index in [2.05, 4.69) is 10.3 Å². The van der Waals surface area contributed by atoms with Crippen LogP contribution in [0.2, 0.25) is 0 Å². The van der Waals surface area contributed by atoms with E-state index < -0.39 is 18.5 Å². The summed E-state index contributed by atoms with van der Waals surface area (Å²) in [5.41, 5.74) is 2.51. The molecule has 7 nitrogen and oxygen atoms in total. The van der Waals surface area contributed by atoms with Crippen molar-refractivity contribution in [3.8, 4) is 22.8 Å². The molecule has 1 heterocycles. The third-order valence-corrected chi connectivity index (χ3v) is 4.93. The van der Waals surface area contributed by atoms with Gasteiger partial charge in [0, 0.05) is 12.0 Å². The Morgan fingerprint density at radius 2 is 1.68 bits per heavy atom. The molecule has 34 heavy (non-hydrogen) atoms. The Hall–Kier alpha value is -4.39. The van der Waals surface area contributed by atoms with Gasteiger partial charge in [0.15, 0.2) is 24.0 Å². The van der Waals surface area contributed by atoms with Crippen LogP contribution in [-0.4, -0.2) is 23.5 Å². The van der Waals surface area contributed by atoms with E-state index in [1.54, 1.807) is 24.4 Å². The first-order chi connectivity index (χ1) is 16.6. The zero-order chi connectivity index (χ0) is 23.8. The van der Waals surface area contributed by atoms with E-state index in [4.69, 9.17) is 13.9 Å². The van der Waals surface area contributed by atoms with Crippen LogP contribution in [0, 0.1) is 6.92 Å². The Bertz CT molecular complexity index is 1250. The fourth-order valence-corrected chi connectivity index (χ4v) is 3.17. The topological polar surface area (TPSA) is 90.7 Å². The average Bonchev–Trinajstić information content (AvgIpc) is 3.34. The summed E-state index contributed by atoms with van der Waals surface area (Å²) in [4.78, 5) is 28.6. The minimum atomic E-state index is -0.515. The van der Waals surface area contributed by atoms with Crippen LogP contribution in [0.25, 0.3) is 11.3 Å². The maximum absolute atomic E-state index is 12.3. The van der Waals surface area contributed by atoms with Gasteiger partial charge in [0.2, 0.25) is 0 Å². The number of hydrogen-bond acceptors (Lipinski definition) is 6. The fourth-order valence-electron chi connectivity index (χ4n) is 3.17. The fraction of sp³-hybridized carbons (Fsp3) is 0.148. The van der Waals surface area contributed by atoms with Crippen LogP contribution in [0.15, 0.2) is 89.5 Å². The number of nitrogens with one attached hydrogen (secondary N) is 1. The number of carbonyl (C=O) groups excluding carboxylic acids is 2. The molecular formula is C27H24N2O5. The van der Waals surface area contributed by atoms with Gasteiger partial charge < -0.3 is 19.2 Å². The first-order valence-electron chi connectivity index (χ1n) is 10.9. The molecule has 3 aromatic carbocycles. The van der Waals surface area contributed by atoms with E-state index in [0.717, 1.165) is 11.1 Å². The van der Waals surface area contributed by atoms with Crippen molar-refractivity contribution in [1.29, 1.82) is 0 Å². The molecule has 0 saturated heterocycles. The van der Waals surface area contributed by atoms with E-state index >= 15 is 0 Å². The number of nitrogens with zero attached hydrogens (tertiary/aromatic N) is 1. The summed E-state index contributed by atoms with van der Waals surface area (Å²) in [6.45, 7) is 1.59. The minimum absolute atomic E-state index is 0.0507. The molecule has 0 bridgehead atoms. The van der Waals surface area contributed by atoms with Crippen molar-refractivity contribution in [3.05, 3.63) is 96.5 Å². The summed E-state index contributed by atoms with van der Waals surface area (Å²) < 4.78 is 16.7. The highest BCUT2D eigenvalue weighted by Gasteiger charge is 2.13. The summed E-state index contributed by atoms with van der Waals surface area (Å²) in [5.74, 6) is 1.23. The predicted octanol–water partition coefficient (Wildman–Crippen LogP) is 5.56. The maximum Gasteiger partial charge on any atom is 0.306 e. The van der Waals surface area contributed by atoms with Gasteiger partial charge in [-0.3, -0.25) is 9.59 Å². The number of rotatable bonds is 9. The molecule has 1 aromatic heterocycles. The van der Waals surface area contributed by atoms with Gasteiger partial charge in [-0.05, 0) is 31.2 Å². The Morgan fingerprint density at radius 3 is 2.47 bits per heavy atom. The highest BCUT2D eigenvalue weighted by atomic mass is 16.5. The van der Waals surface area contributed by atoms with Crippen molar-refractivity contribution < 1.29 is 23.5 Å². The molecule has 4 aromatic rings. The molecule has 7 heteroatoms. The third-order valence-electron chi connectivity index (χ3n) is 4.93. The quantitative estimate of drug-likeness (QED) is 0.332. The molecule has 172 valence electrons. The van der Waals surface area contributed by atoms with Crippen molar-refractivity contribution in [1.82, 2.24) is 4.98 Å². The van der Waals surface area contributed by atoms with Gasteiger partial charge in [-0.25, -0.2) is 4.98 Å². The summed E-state index contributed by atoms with van der Waals surface area (Å²) in [6, 6.07) is 24.2. The van der Waals surface area contributed by atoms with Gasteiger partial charge in [-0.1, -0.05) is 60.2 Å². The van der Waals surface area contributed by atoms with Crippen LogP contribution in [-0.2, 0) is 20.7 Å². The standard InChI is InChI=1S/C27H24N2O5/c1-19-11-13-21(14-12-19)33-23-10-6-5-9-22(23)29-25(30)18-32-27(31)16-15-26-28-17-24(34-26)20-7-3-2-4-8-20/h2-14,17H,15-16,18H2,1H3,(H,29,30). The van der Waals surface area contributed by atoms with E-state index in [1.807, 2.05) is 67.6 Å². The number of para-hydroxylation sites is 2. The normalized spacial score (nSPS) is 10.5. The van der Waals surface area contributed by atoms with E-state index in [-0.39, 0.29) is 12.8 Å². The van der Waals surface area contributed by atoms with Crippen LogP contribution in [0.1, 0.15) is 17.9 Å². The average molecular weight is 456 g/mol. The predicted molar refractivity (Wildman–Crippen MR) is 128 cm³/mol. The molecule has 1 N–H and O–H groups in total. The largest absolute Gasteiger partial charge is 0.456 e. The summed E-state index contributed by atoms with van der Waals surface area (Å²) in [7, 11) is 0. The van der Waals surface area contributed by atoms with Gasteiger partial charge >= 0.3 is 5.97 Å². The Balaban J connectivity index is 1.25. The number of anilines is 1. The monoisotopic (exact) mass is 456 g/mol. The highest BCUT2D eigenvalue weighted by Crippen LogP contribution is 2.29. The number of hydrogen-bond donors (Lipinski definition) is 1. The second kappa shape index (κ2) is 11.0. The minimum Gasteiger partial charge on any atom is -0.456 e. The van der Waals surface area contributed by atoms with Crippen molar-refractivity contribution >= 4 is 17.6 Å². The highest BCUT2D eigenvalue weighted by molar-refractivity contribution is 5.94. The first-order valence-corrected chi connectivity index (χ1v) is 10.9. The summed E-state index contributed by atoms with van der Waals surface area (Å²) in [6.07, 6.45) is 1.95. The van der Waals surface area contributed by atoms with Crippen LogP contribution >= 0.6 is 0 Å². The molecule has 0 unspecified atom stereocenters. The molecule has 0 saturated carbocycles. The smallest absolute Gasteiger partial charge is 0.306 e. The molecule has 0 spiro atoms. The van der Waals surface area contributed by atoms with E-state index in [0.29, 0.717) is 28.8 Å². The third kappa shape index (κ3) is 6.32. The molecule has 1 amide bonds. The van der Waals surface area contributed by atoms with Gasteiger partial charge in [0.1, 0.15) is 5.75 Å². The lowest BCUT2D eigenvalue weighted by Gasteiger charge is -2.12. The number of aromatic nitrogens is 1. The molecule has 0 aliphatic heterocycles. The lowest BCUT2D eigenvalue weighted by atomic mass is 10.2. The van der Waals surface area contributed by atoms with E-state index in [9.17, 15) is 9.59 Å². The number of benzene rings is 3. The van der Waals surface area contributed by atoms with Gasteiger partial charge in [0.05, 0.1) is 18.3 Å². The molecule has 0 atom stereocenters. The van der Waals surface area contributed by atoms with Crippen LogP contribution in [0.3, 0.4) is 0 Å². The number of amides is 1. The summed E-state index contributed by atoms with van der Waals surface area (Å²) in [5, 5.41) is 2.72. The first kappa shape index (κ1) is 22.8. The van der Waals surface area contributed by atoms with Crippen molar-refractivity contribution in [2.24, 2.45) is 0 Å². The Morgan fingerprint density at radius 1 is 0.941 bits per heavy atom. The van der Waals surface area contributed by atoms with Crippen LogP contribution in [0.4, 0.5) is 5.69 Å². The Kier molecular flexibility index (Phi) is 7.35. The van der Waals surface area contributed by atoms with E-state index in [1.165, 1.54) is 0 Å². The molecule has 4 rings (SSSR count). The maximum atomic E-state index is 12.3. The molecule has 0 fully saturated rings. The molecule has 0 aliphatic carbocycles. The second-order valence-electron chi connectivity index (χ2n) is 7.60. The number of oxazole rings is 1. The van der Waals surface area contributed by atoms with Crippen molar-refractivity contribution in [3.63, 3.8) is 0 Å². The van der Waals surface area contributed by atoms with Gasteiger partial charge in [-0.15, -0.1) is 0 Å². The number of carbonyl (C=O) groups is 2. The van der Waals surface area contributed by atoms with Crippen LogP contribution < -0.4 is 10.1 Å².